The van der Waals surface area contributed by atoms with Gasteiger partial charge in [-0.05, 0) is 42.0 Å². The summed E-state index contributed by atoms with van der Waals surface area (Å²) in [6.45, 7) is 0.00406. The average molecular weight is 368 g/mol. The molecule has 2 N–H and O–H groups in total. The van der Waals surface area contributed by atoms with Gasteiger partial charge in [-0.25, -0.2) is 4.39 Å². The zero-order valence-electron chi connectivity index (χ0n) is 14.3. The van der Waals surface area contributed by atoms with Gasteiger partial charge in [-0.3, -0.25) is 9.59 Å². The van der Waals surface area contributed by atoms with Crippen LogP contribution in [0.3, 0.4) is 0 Å². The molecule has 0 saturated carbocycles. The number of carbonyl (C=O) groups is 2. The van der Waals surface area contributed by atoms with Crippen molar-refractivity contribution in [3.8, 4) is 5.75 Å². The van der Waals surface area contributed by atoms with Crippen LogP contribution in [0.2, 0.25) is 0 Å². The molecule has 6 nitrogen and oxygen atoms in total. The van der Waals surface area contributed by atoms with Crippen LogP contribution >= 0.6 is 0 Å². The lowest BCUT2D eigenvalue weighted by atomic mass is 10.2. The topological polar surface area (TPSA) is 80.6 Å². The number of benzene rings is 2. The van der Waals surface area contributed by atoms with E-state index in [2.05, 4.69) is 10.6 Å². The smallest absolute Gasteiger partial charge is 0.291 e. The molecule has 2 aromatic carbocycles. The highest BCUT2D eigenvalue weighted by atomic mass is 19.1. The maximum absolute atomic E-state index is 13.1. The van der Waals surface area contributed by atoms with E-state index >= 15 is 0 Å². The number of furan rings is 1. The van der Waals surface area contributed by atoms with Gasteiger partial charge in [-0.1, -0.05) is 18.2 Å². The van der Waals surface area contributed by atoms with Crippen LogP contribution in [0.15, 0.2) is 71.3 Å². The molecule has 1 aromatic heterocycles. The number of halogens is 1. The fourth-order valence-corrected chi connectivity index (χ4v) is 2.31. The zero-order chi connectivity index (χ0) is 19.1. The Bertz CT molecular complexity index is 925. The summed E-state index contributed by atoms with van der Waals surface area (Å²) in [7, 11) is 0. The van der Waals surface area contributed by atoms with Gasteiger partial charge < -0.3 is 19.8 Å². The lowest BCUT2D eigenvalue weighted by Crippen LogP contribution is -2.28. The molecule has 0 atom stereocenters. The van der Waals surface area contributed by atoms with Crippen LogP contribution in [-0.2, 0) is 11.3 Å². The summed E-state index contributed by atoms with van der Waals surface area (Å²) >= 11 is 0. The van der Waals surface area contributed by atoms with Crippen molar-refractivity contribution in [2.24, 2.45) is 0 Å². The Morgan fingerprint density at radius 2 is 1.89 bits per heavy atom. The van der Waals surface area contributed by atoms with Gasteiger partial charge >= 0.3 is 0 Å². The lowest BCUT2D eigenvalue weighted by molar-refractivity contribution is -0.123. The van der Waals surface area contributed by atoms with Gasteiger partial charge in [0.15, 0.2) is 12.4 Å². The van der Waals surface area contributed by atoms with Crippen molar-refractivity contribution < 1.29 is 23.1 Å². The van der Waals surface area contributed by atoms with Crippen LogP contribution in [0.4, 0.5) is 10.1 Å². The standard InChI is InChI=1S/C20H17FN2O4/c21-15-5-1-4-14(10-15)12-22-19(24)13-27-17-7-2-6-16(11-17)23-20(25)18-8-3-9-26-18/h1-11H,12-13H2,(H,22,24)(H,23,25). The summed E-state index contributed by atoms with van der Waals surface area (Å²) in [5.74, 6) is -0.466. The fourth-order valence-electron chi connectivity index (χ4n) is 2.31. The molecule has 3 aromatic rings. The molecule has 0 unspecified atom stereocenters. The maximum Gasteiger partial charge on any atom is 0.291 e. The Morgan fingerprint density at radius 1 is 1.04 bits per heavy atom. The highest BCUT2D eigenvalue weighted by Crippen LogP contribution is 2.18. The summed E-state index contributed by atoms with van der Waals surface area (Å²) in [6.07, 6.45) is 1.41. The third-order valence-electron chi connectivity index (χ3n) is 3.59. The molecule has 0 saturated heterocycles. The van der Waals surface area contributed by atoms with E-state index in [-0.39, 0.29) is 36.5 Å². The van der Waals surface area contributed by atoms with Crippen LogP contribution in [0.25, 0.3) is 0 Å². The Labute approximate surface area is 155 Å². The quantitative estimate of drug-likeness (QED) is 0.670. The first-order chi connectivity index (χ1) is 13.1. The van der Waals surface area contributed by atoms with E-state index in [1.54, 1.807) is 48.5 Å². The minimum atomic E-state index is -0.384. The number of ether oxygens (including phenoxy) is 1. The Morgan fingerprint density at radius 3 is 2.67 bits per heavy atom. The van der Waals surface area contributed by atoms with E-state index in [1.807, 2.05) is 0 Å². The first-order valence-electron chi connectivity index (χ1n) is 8.19. The molecule has 7 heteroatoms. The second-order valence-corrected chi connectivity index (χ2v) is 5.65. The number of hydrogen-bond donors (Lipinski definition) is 2. The number of carbonyl (C=O) groups excluding carboxylic acids is 2. The van der Waals surface area contributed by atoms with E-state index < -0.39 is 0 Å². The summed E-state index contributed by atoms with van der Waals surface area (Å²) in [4.78, 5) is 23.8. The highest BCUT2D eigenvalue weighted by Gasteiger charge is 2.09. The lowest BCUT2D eigenvalue weighted by Gasteiger charge is -2.09. The van der Waals surface area contributed by atoms with Crippen LogP contribution in [-0.4, -0.2) is 18.4 Å². The van der Waals surface area contributed by atoms with Crippen molar-refractivity contribution in [2.45, 2.75) is 6.54 Å². The van der Waals surface area contributed by atoms with Crippen molar-refractivity contribution in [3.05, 3.63) is 84.1 Å². The molecule has 0 fully saturated rings. The number of hydrogen-bond acceptors (Lipinski definition) is 4. The third kappa shape index (κ3) is 5.43. The summed E-state index contributed by atoms with van der Waals surface area (Å²) in [6, 6.07) is 15.8. The Balaban J connectivity index is 1.49. The number of anilines is 1. The van der Waals surface area contributed by atoms with Crippen molar-refractivity contribution >= 4 is 17.5 Å². The van der Waals surface area contributed by atoms with E-state index in [4.69, 9.17) is 9.15 Å². The molecule has 0 aliphatic heterocycles. The molecule has 0 aliphatic carbocycles. The predicted molar refractivity (Wildman–Crippen MR) is 96.8 cm³/mol. The van der Waals surface area contributed by atoms with Crippen LogP contribution in [0, 0.1) is 5.82 Å². The molecule has 27 heavy (non-hydrogen) atoms. The summed E-state index contributed by atoms with van der Waals surface area (Å²) in [5.41, 5.74) is 1.17. The van der Waals surface area contributed by atoms with E-state index in [0.717, 1.165) is 0 Å². The second-order valence-electron chi connectivity index (χ2n) is 5.65. The molecule has 3 rings (SSSR count). The van der Waals surface area contributed by atoms with Gasteiger partial charge in [0.1, 0.15) is 11.6 Å². The van der Waals surface area contributed by atoms with Gasteiger partial charge in [0.25, 0.3) is 11.8 Å². The molecule has 0 bridgehead atoms. The van der Waals surface area contributed by atoms with Crippen molar-refractivity contribution in [3.63, 3.8) is 0 Å². The number of nitrogens with one attached hydrogen (secondary N) is 2. The van der Waals surface area contributed by atoms with Crippen molar-refractivity contribution in [1.82, 2.24) is 5.32 Å². The molecule has 138 valence electrons. The van der Waals surface area contributed by atoms with Crippen LogP contribution < -0.4 is 15.4 Å². The van der Waals surface area contributed by atoms with Gasteiger partial charge in [0.2, 0.25) is 0 Å². The SMILES string of the molecule is O=C(COc1cccc(NC(=O)c2ccco2)c1)NCc1cccc(F)c1. The van der Waals surface area contributed by atoms with E-state index in [0.29, 0.717) is 17.0 Å². The molecule has 0 spiro atoms. The minimum absolute atomic E-state index is 0.193. The Hall–Kier alpha value is -3.61. The monoisotopic (exact) mass is 368 g/mol. The summed E-state index contributed by atoms with van der Waals surface area (Å²) < 4.78 is 23.6. The van der Waals surface area contributed by atoms with Gasteiger partial charge in [-0.15, -0.1) is 0 Å². The molecular formula is C20H17FN2O4. The highest BCUT2D eigenvalue weighted by molar-refractivity contribution is 6.02. The molecule has 0 aliphatic rings. The second kappa shape index (κ2) is 8.66. The minimum Gasteiger partial charge on any atom is -0.484 e. The van der Waals surface area contributed by atoms with E-state index in [9.17, 15) is 14.0 Å². The first kappa shape index (κ1) is 18.2. The normalized spacial score (nSPS) is 10.3. The average Bonchev–Trinajstić information content (AvgIpc) is 3.20. The molecule has 1 heterocycles. The van der Waals surface area contributed by atoms with Gasteiger partial charge in [0.05, 0.1) is 6.26 Å². The molecular weight excluding hydrogens is 351 g/mol. The number of rotatable bonds is 7. The fraction of sp³-hybridized carbons (Fsp3) is 0.100. The third-order valence-corrected chi connectivity index (χ3v) is 3.59. The van der Waals surface area contributed by atoms with Crippen LogP contribution in [0.1, 0.15) is 16.1 Å². The summed E-state index contributed by atoms with van der Waals surface area (Å²) in [5, 5.41) is 5.32. The van der Waals surface area contributed by atoms with Crippen LogP contribution in [0.5, 0.6) is 5.75 Å². The van der Waals surface area contributed by atoms with Crippen molar-refractivity contribution in [1.29, 1.82) is 0 Å². The van der Waals surface area contributed by atoms with Gasteiger partial charge in [-0.2, -0.15) is 0 Å². The maximum atomic E-state index is 13.1. The zero-order valence-corrected chi connectivity index (χ0v) is 14.3. The largest absolute Gasteiger partial charge is 0.484 e. The molecule has 2 amide bonds. The van der Waals surface area contributed by atoms with Crippen molar-refractivity contribution in [2.75, 3.05) is 11.9 Å². The first-order valence-corrected chi connectivity index (χ1v) is 8.19. The van der Waals surface area contributed by atoms with Gasteiger partial charge in [0, 0.05) is 18.3 Å². The molecule has 0 radical (unpaired) electrons. The Kier molecular flexibility index (Phi) is 5.84. The van der Waals surface area contributed by atoms with E-state index in [1.165, 1.54) is 18.4 Å². The number of amides is 2. The predicted octanol–water partition coefficient (Wildman–Crippen LogP) is 3.37.